The van der Waals surface area contributed by atoms with E-state index in [1.807, 2.05) is 0 Å². The molecular weight excluding hydrogens is 396 g/mol. The smallest absolute Gasteiger partial charge is 0.305 e. The molecule has 0 radical (unpaired) electrons. The van der Waals surface area contributed by atoms with Gasteiger partial charge in [-0.2, -0.15) is 0 Å². The molecule has 168 valence electrons. The Kier molecular flexibility index (Phi) is 22.2. The van der Waals surface area contributed by atoms with Crippen LogP contribution in [-0.4, -0.2) is 70.5 Å². The maximum Gasteiger partial charge on any atom is 0.305 e. The van der Waals surface area contributed by atoms with E-state index < -0.39 is 23.9 Å². The van der Waals surface area contributed by atoms with E-state index in [0.29, 0.717) is 19.3 Å². The van der Waals surface area contributed by atoms with Gasteiger partial charge in [0.15, 0.2) is 0 Å². The van der Waals surface area contributed by atoms with Gasteiger partial charge in [0.25, 0.3) is 0 Å². The number of ether oxygens (including phenoxy) is 2. The van der Waals surface area contributed by atoms with Crippen LogP contribution in [0.15, 0.2) is 0 Å². The first kappa shape index (κ1) is 30.5. The highest BCUT2D eigenvalue weighted by Crippen LogP contribution is 1.99. The Balaban J connectivity index is -0.000000354. The van der Waals surface area contributed by atoms with Crippen LogP contribution >= 0.6 is 0 Å². The van der Waals surface area contributed by atoms with E-state index in [9.17, 15) is 28.8 Å². The summed E-state index contributed by atoms with van der Waals surface area (Å²) in [6.07, 6.45) is 1.45. The van der Waals surface area contributed by atoms with Gasteiger partial charge in [-0.3, -0.25) is 28.8 Å². The van der Waals surface area contributed by atoms with Gasteiger partial charge in [0.2, 0.25) is 0 Å². The van der Waals surface area contributed by atoms with Crippen molar-refractivity contribution >= 4 is 35.8 Å². The first-order valence-electron chi connectivity index (χ1n) is 8.47. The van der Waals surface area contributed by atoms with Crippen LogP contribution in [0, 0.1) is 0 Å². The average molecular weight is 424 g/mol. The Hall–Kier alpha value is -3.18. The number of carbonyl (C=O) groups is 6. The maximum atomic E-state index is 10.5. The summed E-state index contributed by atoms with van der Waals surface area (Å²) in [4.78, 5) is 60.1. The van der Waals surface area contributed by atoms with Crippen LogP contribution in [-0.2, 0) is 38.2 Å². The molecule has 0 aromatic rings. The lowest BCUT2D eigenvalue weighted by Crippen LogP contribution is -2.04. The van der Waals surface area contributed by atoms with Gasteiger partial charge >= 0.3 is 35.8 Å². The predicted octanol–water partition coefficient (Wildman–Crippen LogP) is 1.15. The van der Waals surface area contributed by atoms with Crippen LogP contribution < -0.4 is 0 Å². The summed E-state index contributed by atoms with van der Waals surface area (Å²) in [5, 5.41) is 32.1. The Morgan fingerprint density at radius 3 is 0.966 bits per heavy atom. The quantitative estimate of drug-likeness (QED) is 0.257. The number of aliphatic carboxylic acids is 4. The summed E-state index contributed by atoms with van der Waals surface area (Å²) in [7, 11) is 2.64. The second-order valence-corrected chi connectivity index (χ2v) is 5.29. The molecule has 0 spiro atoms. The number of hydrogen-bond acceptors (Lipinski definition) is 8. The van der Waals surface area contributed by atoms with Crippen LogP contribution in [0.3, 0.4) is 0 Å². The lowest BCUT2D eigenvalue weighted by atomic mass is 10.2. The van der Waals surface area contributed by atoms with Crippen molar-refractivity contribution in [3.05, 3.63) is 0 Å². The van der Waals surface area contributed by atoms with Gasteiger partial charge in [0.05, 0.1) is 27.1 Å². The van der Waals surface area contributed by atoms with E-state index in [4.69, 9.17) is 20.4 Å². The second-order valence-electron chi connectivity index (χ2n) is 5.29. The fourth-order valence-corrected chi connectivity index (χ4v) is 1.35. The van der Waals surface area contributed by atoms with E-state index in [2.05, 4.69) is 9.47 Å². The minimum absolute atomic E-state index is 0.0628. The van der Waals surface area contributed by atoms with Crippen LogP contribution in [0.25, 0.3) is 0 Å². The maximum absolute atomic E-state index is 10.5. The molecule has 0 saturated heterocycles. The SMILES string of the molecule is COC(=O)CCCC(=O)OC.O=C(O)CCC(=O)O.O=C(O)CCCCC(=O)O. The highest BCUT2D eigenvalue weighted by molar-refractivity contribution is 5.75. The monoisotopic (exact) mass is 424 g/mol. The molecular formula is C17H28O12. The molecule has 0 unspecified atom stereocenters. The zero-order valence-corrected chi connectivity index (χ0v) is 16.4. The van der Waals surface area contributed by atoms with Gasteiger partial charge in [-0.25, -0.2) is 0 Å². The predicted molar refractivity (Wildman–Crippen MR) is 96.1 cm³/mol. The first-order chi connectivity index (χ1) is 13.5. The average Bonchev–Trinajstić information content (AvgIpc) is 2.64. The van der Waals surface area contributed by atoms with E-state index >= 15 is 0 Å². The normalized spacial score (nSPS) is 8.90. The van der Waals surface area contributed by atoms with Crippen LogP contribution in [0.2, 0.25) is 0 Å². The number of carboxylic acid groups (broad SMARTS) is 4. The summed E-state index contributed by atoms with van der Waals surface area (Å²) in [6.45, 7) is 0. The van der Waals surface area contributed by atoms with Crippen LogP contribution in [0.5, 0.6) is 0 Å². The number of esters is 2. The van der Waals surface area contributed by atoms with Gasteiger partial charge in [0.1, 0.15) is 0 Å². The number of methoxy groups -OCH3 is 2. The molecule has 0 aromatic carbocycles. The molecule has 0 rings (SSSR count). The van der Waals surface area contributed by atoms with Crippen molar-refractivity contribution in [2.24, 2.45) is 0 Å². The zero-order valence-electron chi connectivity index (χ0n) is 16.4. The summed E-state index contributed by atoms with van der Waals surface area (Å²) >= 11 is 0. The highest BCUT2D eigenvalue weighted by Gasteiger charge is 2.03. The minimum atomic E-state index is -1.08. The van der Waals surface area contributed by atoms with Crippen molar-refractivity contribution in [1.29, 1.82) is 0 Å². The van der Waals surface area contributed by atoms with Gasteiger partial charge in [0, 0.05) is 25.7 Å². The second kappa shape index (κ2) is 21.1. The third-order valence-electron chi connectivity index (χ3n) is 2.80. The first-order valence-corrected chi connectivity index (χ1v) is 8.47. The standard InChI is InChI=1S/C7H12O4.C6H10O4.C4H6O4/c1-10-6(8)4-3-5-7(9)11-2;7-5(8)3-1-2-4-6(9)10;5-3(6)1-2-4(7)8/h3-5H2,1-2H3;1-4H2,(H,7,8)(H,9,10);1-2H2,(H,5,6)(H,7,8). The fourth-order valence-electron chi connectivity index (χ4n) is 1.35. The fraction of sp³-hybridized carbons (Fsp3) is 0.647. The molecule has 0 aliphatic carbocycles. The molecule has 0 saturated carbocycles. The third-order valence-corrected chi connectivity index (χ3v) is 2.80. The molecule has 4 N–H and O–H groups in total. The lowest BCUT2D eigenvalue weighted by molar-refractivity contribution is -0.143. The van der Waals surface area contributed by atoms with Gasteiger partial charge in [-0.1, -0.05) is 0 Å². The highest BCUT2D eigenvalue weighted by atomic mass is 16.5. The molecule has 12 nitrogen and oxygen atoms in total. The molecule has 0 aliphatic heterocycles. The van der Waals surface area contributed by atoms with E-state index in [0.717, 1.165) is 0 Å². The van der Waals surface area contributed by atoms with Crippen molar-refractivity contribution in [2.45, 2.75) is 57.8 Å². The number of carboxylic acids is 4. The van der Waals surface area contributed by atoms with Crippen molar-refractivity contribution in [1.82, 2.24) is 0 Å². The largest absolute Gasteiger partial charge is 0.481 e. The zero-order chi connectivity index (χ0) is 23.2. The Labute approximate surface area is 167 Å². The summed E-state index contributed by atoms with van der Waals surface area (Å²) in [5.41, 5.74) is 0. The molecule has 0 amide bonds. The molecule has 0 aliphatic rings. The topological polar surface area (TPSA) is 202 Å². The number of carbonyl (C=O) groups excluding carboxylic acids is 2. The molecule has 12 heteroatoms. The Morgan fingerprint density at radius 2 is 0.759 bits per heavy atom. The van der Waals surface area contributed by atoms with Gasteiger partial charge in [-0.05, 0) is 19.3 Å². The van der Waals surface area contributed by atoms with Gasteiger partial charge in [-0.15, -0.1) is 0 Å². The number of hydrogen-bond donors (Lipinski definition) is 4. The number of rotatable bonds is 12. The van der Waals surface area contributed by atoms with Gasteiger partial charge < -0.3 is 29.9 Å². The lowest BCUT2D eigenvalue weighted by Gasteiger charge is -1.97. The van der Waals surface area contributed by atoms with Crippen molar-refractivity contribution < 1.29 is 58.7 Å². The van der Waals surface area contributed by atoms with Crippen molar-refractivity contribution in [3.8, 4) is 0 Å². The molecule has 0 aromatic heterocycles. The molecule has 29 heavy (non-hydrogen) atoms. The Morgan fingerprint density at radius 1 is 0.483 bits per heavy atom. The van der Waals surface area contributed by atoms with Crippen LogP contribution in [0.1, 0.15) is 57.8 Å². The number of unbranched alkanes of at least 4 members (excludes halogenated alkanes) is 1. The summed E-state index contributed by atoms with van der Waals surface area (Å²) in [6, 6.07) is 0. The molecule has 0 heterocycles. The molecule has 0 atom stereocenters. The molecule has 0 fully saturated rings. The van der Waals surface area contributed by atoms with E-state index in [-0.39, 0.29) is 50.5 Å². The molecule has 0 bridgehead atoms. The minimum Gasteiger partial charge on any atom is -0.481 e. The summed E-state index contributed by atoms with van der Waals surface area (Å²) < 4.78 is 8.75. The van der Waals surface area contributed by atoms with Crippen LogP contribution in [0.4, 0.5) is 0 Å². The Bertz CT molecular complexity index is 481. The van der Waals surface area contributed by atoms with E-state index in [1.165, 1.54) is 14.2 Å². The van der Waals surface area contributed by atoms with Crippen molar-refractivity contribution in [2.75, 3.05) is 14.2 Å². The van der Waals surface area contributed by atoms with Crippen molar-refractivity contribution in [3.63, 3.8) is 0 Å². The third kappa shape index (κ3) is 36.5. The van der Waals surface area contributed by atoms with E-state index in [1.54, 1.807) is 0 Å². The summed E-state index contributed by atoms with van der Waals surface area (Å²) in [5.74, 6) is -4.49.